The molecule has 0 atom stereocenters. The van der Waals surface area contributed by atoms with E-state index in [2.05, 4.69) is 234 Å². The quantitative estimate of drug-likeness (QED) is 0.161. The van der Waals surface area contributed by atoms with Gasteiger partial charge in [-0.05, 0) is 98.7 Å². The van der Waals surface area contributed by atoms with E-state index in [1.165, 1.54) is 129 Å². The van der Waals surface area contributed by atoms with Crippen molar-refractivity contribution in [3.63, 3.8) is 0 Å². The Kier molecular flexibility index (Phi) is 7.49. The number of pyridine rings is 1. The molecule has 0 N–H and O–H groups in total. The van der Waals surface area contributed by atoms with Crippen molar-refractivity contribution in [1.82, 2.24) is 14.1 Å². The van der Waals surface area contributed by atoms with Gasteiger partial charge in [-0.25, -0.2) is 4.98 Å². The van der Waals surface area contributed by atoms with Crippen molar-refractivity contribution >= 4 is 129 Å². The summed E-state index contributed by atoms with van der Waals surface area (Å²) in [6, 6.07) is 83.1. The molecule has 0 spiro atoms. The Bertz CT molecular complexity index is 4820. The first kappa shape index (κ1) is 37.3. The maximum atomic E-state index is 5.42. The first-order valence-electron chi connectivity index (χ1n) is 23.7. The molecule has 0 radical (unpaired) electrons. The fourth-order valence-corrected chi connectivity index (χ4v) is 13.2. The van der Waals surface area contributed by atoms with E-state index >= 15 is 0 Å². The minimum absolute atomic E-state index is 1.00. The van der Waals surface area contributed by atoms with Gasteiger partial charge >= 0.3 is 0 Å². The summed E-state index contributed by atoms with van der Waals surface area (Å²) in [5.41, 5.74) is 12.7. The van der Waals surface area contributed by atoms with Gasteiger partial charge < -0.3 is 9.13 Å². The second kappa shape index (κ2) is 13.9. The third-order valence-electron chi connectivity index (χ3n) is 15.0. The van der Waals surface area contributed by atoms with Gasteiger partial charge in [-0.15, -0.1) is 11.3 Å². The molecular formula is C65H37N3S. The fourth-order valence-electron chi connectivity index (χ4n) is 12.0. The molecule has 0 amide bonds. The molecule has 0 bridgehead atoms. The number of rotatable bonds is 4. The molecule has 0 aliphatic heterocycles. The molecule has 0 unspecified atom stereocenters. The van der Waals surface area contributed by atoms with Crippen LogP contribution >= 0.6 is 11.3 Å². The van der Waals surface area contributed by atoms with Gasteiger partial charge in [-0.2, -0.15) is 0 Å². The summed E-state index contributed by atoms with van der Waals surface area (Å²) in [5.74, 6) is 0. The Morgan fingerprint density at radius 1 is 0.304 bits per heavy atom. The molecule has 4 heteroatoms. The Hall–Kier alpha value is -8.83. The molecule has 12 aromatic carbocycles. The van der Waals surface area contributed by atoms with Gasteiger partial charge in [0, 0.05) is 64.1 Å². The van der Waals surface area contributed by atoms with E-state index in [4.69, 9.17) is 4.98 Å². The number of hydrogen-bond donors (Lipinski definition) is 0. The van der Waals surface area contributed by atoms with E-state index in [9.17, 15) is 0 Å². The van der Waals surface area contributed by atoms with Crippen molar-refractivity contribution in [2.45, 2.75) is 0 Å². The van der Waals surface area contributed by atoms with Crippen molar-refractivity contribution in [3.05, 3.63) is 224 Å². The van der Waals surface area contributed by atoms with Crippen LogP contribution in [0.1, 0.15) is 0 Å². The molecule has 0 aliphatic carbocycles. The molecule has 0 saturated carbocycles. The fraction of sp³-hybridized carbons (Fsp3) is 0. The molecule has 0 fully saturated rings. The molecule has 0 saturated heterocycles. The lowest BCUT2D eigenvalue weighted by Gasteiger charge is -2.16. The van der Waals surface area contributed by atoms with E-state index < -0.39 is 0 Å². The zero-order chi connectivity index (χ0) is 44.9. The lowest BCUT2D eigenvalue weighted by Crippen LogP contribution is -1.97. The van der Waals surface area contributed by atoms with E-state index in [1.807, 2.05) is 11.3 Å². The molecule has 16 aromatic rings. The predicted molar refractivity (Wildman–Crippen MR) is 295 cm³/mol. The Morgan fingerprint density at radius 3 is 1.59 bits per heavy atom. The minimum Gasteiger partial charge on any atom is -0.309 e. The van der Waals surface area contributed by atoms with Crippen LogP contribution in [-0.4, -0.2) is 14.1 Å². The first-order valence-corrected chi connectivity index (χ1v) is 24.5. The molecule has 16 rings (SSSR count). The Morgan fingerprint density at radius 2 is 0.870 bits per heavy atom. The topological polar surface area (TPSA) is 22.8 Å². The van der Waals surface area contributed by atoms with Crippen LogP contribution in [0.2, 0.25) is 0 Å². The summed E-state index contributed by atoms with van der Waals surface area (Å²) in [7, 11) is 0. The van der Waals surface area contributed by atoms with Gasteiger partial charge in [-0.1, -0.05) is 164 Å². The van der Waals surface area contributed by atoms with Crippen LogP contribution in [0.3, 0.4) is 0 Å². The Balaban J connectivity index is 0.929. The summed E-state index contributed by atoms with van der Waals surface area (Å²) in [4.78, 5) is 5.42. The van der Waals surface area contributed by atoms with Crippen LogP contribution in [-0.2, 0) is 0 Å². The summed E-state index contributed by atoms with van der Waals surface area (Å²) in [6.07, 6.45) is 0. The van der Waals surface area contributed by atoms with E-state index in [-0.39, 0.29) is 0 Å². The standard InChI is InChI=1S/C65H37N3S/c1-2-13-41(14-3-1)64-51-37-58(65-63(48-20-7-11-24-59(48)69-65)62(51)46-19-4-8-21-52(46)66-64)68-54-23-10-6-18-45(54)50-36-43(30-34-57(50)68)42-29-33-56-49(35-42)44-17-5-9-22-53(44)67(56)55-32-28-40-26-25-38-15-12-16-39-27-31-47(55)61(40)60(38)39/h1-37H. The lowest BCUT2D eigenvalue weighted by atomic mass is 9.93. The maximum Gasteiger partial charge on any atom is 0.0789 e. The van der Waals surface area contributed by atoms with Crippen LogP contribution in [0, 0.1) is 0 Å². The summed E-state index contributed by atoms with van der Waals surface area (Å²) in [5, 5.41) is 18.9. The van der Waals surface area contributed by atoms with E-state index in [1.54, 1.807) is 0 Å². The number of hydrogen-bond acceptors (Lipinski definition) is 2. The van der Waals surface area contributed by atoms with Crippen LogP contribution in [0.15, 0.2) is 224 Å². The molecule has 0 aliphatic rings. The number of benzene rings is 12. The van der Waals surface area contributed by atoms with Gasteiger partial charge in [0.2, 0.25) is 0 Å². The highest BCUT2D eigenvalue weighted by Gasteiger charge is 2.24. The largest absolute Gasteiger partial charge is 0.309 e. The number of thiophene rings is 1. The first-order chi connectivity index (χ1) is 34.2. The van der Waals surface area contributed by atoms with Gasteiger partial charge in [0.15, 0.2) is 0 Å². The highest BCUT2D eigenvalue weighted by Crippen LogP contribution is 2.49. The monoisotopic (exact) mass is 891 g/mol. The van der Waals surface area contributed by atoms with Gasteiger partial charge in [-0.3, -0.25) is 0 Å². The van der Waals surface area contributed by atoms with Crippen molar-refractivity contribution in [1.29, 1.82) is 0 Å². The number of para-hydroxylation sites is 3. The van der Waals surface area contributed by atoms with Crippen molar-refractivity contribution in [2.75, 3.05) is 0 Å². The highest BCUT2D eigenvalue weighted by molar-refractivity contribution is 7.26. The minimum atomic E-state index is 1.00. The number of nitrogens with zero attached hydrogens (tertiary/aromatic N) is 3. The van der Waals surface area contributed by atoms with E-state index in [0.29, 0.717) is 0 Å². The average Bonchev–Trinajstić information content (AvgIpc) is 4.08. The predicted octanol–water partition coefficient (Wildman–Crippen LogP) is 18.2. The van der Waals surface area contributed by atoms with Crippen LogP contribution in [0.4, 0.5) is 0 Å². The third kappa shape index (κ3) is 5.13. The normalized spacial score (nSPS) is 12.3. The highest BCUT2D eigenvalue weighted by atomic mass is 32.1. The third-order valence-corrected chi connectivity index (χ3v) is 16.2. The van der Waals surface area contributed by atoms with Gasteiger partial charge in [0.25, 0.3) is 0 Å². The second-order valence-electron chi connectivity index (χ2n) is 18.6. The van der Waals surface area contributed by atoms with Gasteiger partial charge in [0.05, 0.1) is 49.4 Å². The summed E-state index contributed by atoms with van der Waals surface area (Å²) < 4.78 is 7.56. The Labute approximate surface area is 399 Å². The van der Waals surface area contributed by atoms with Crippen LogP contribution < -0.4 is 0 Å². The second-order valence-corrected chi connectivity index (χ2v) is 19.6. The summed E-state index contributed by atoms with van der Waals surface area (Å²) in [6.45, 7) is 0. The van der Waals surface area contributed by atoms with Crippen LogP contribution in [0.5, 0.6) is 0 Å². The smallest absolute Gasteiger partial charge is 0.0789 e. The maximum absolute atomic E-state index is 5.42. The summed E-state index contributed by atoms with van der Waals surface area (Å²) >= 11 is 1.89. The molecule has 4 heterocycles. The lowest BCUT2D eigenvalue weighted by molar-refractivity contribution is 1.20. The number of fused-ring (bicyclic) bond motifs is 13. The molecular weight excluding hydrogens is 855 g/mol. The van der Waals surface area contributed by atoms with E-state index in [0.717, 1.165) is 22.2 Å². The average molecular weight is 892 g/mol. The SMILES string of the molecule is c1ccc(-c2nc3ccccc3c3c2cc(-n2c4ccccc4c4cc(-c5ccc6c(c5)c5ccccc5n6-c5ccc6ccc7cccc8ccc5c6c78)ccc42)c2sc4ccccc4c23)cc1. The molecule has 69 heavy (non-hydrogen) atoms. The molecule has 3 nitrogen and oxygen atoms in total. The zero-order valence-corrected chi connectivity index (χ0v) is 37.9. The zero-order valence-electron chi connectivity index (χ0n) is 37.1. The molecule has 4 aromatic heterocycles. The van der Waals surface area contributed by atoms with Crippen LogP contribution in [0.25, 0.3) is 152 Å². The van der Waals surface area contributed by atoms with Crippen molar-refractivity contribution in [3.8, 4) is 33.8 Å². The van der Waals surface area contributed by atoms with Crippen molar-refractivity contribution < 1.29 is 0 Å². The molecule has 318 valence electrons. The van der Waals surface area contributed by atoms with Gasteiger partial charge in [0.1, 0.15) is 0 Å². The number of aromatic nitrogens is 3. The van der Waals surface area contributed by atoms with Crippen molar-refractivity contribution in [2.24, 2.45) is 0 Å².